The Morgan fingerprint density at radius 2 is 1.72 bits per heavy atom. The van der Waals surface area contributed by atoms with Gasteiger partial charge in [-0.25, -0.2) is 0 Å². The fourth-order valence-electron chi connectivity index (χ4n) is 5.95. The van der Waals surface area contributed by atoms with Gasteiger partial charge in [-0.2, -0.15) is 0 Å². The number of likely N-dealkylation sites (tertiary alicyclic amines) is 3. The molecule has 0 aliphatic carbocycles. The van der Waals surface area contributed by atoms with Crippen LogP contribution in [-0.2, 0) is 4.74 Å². The Bertz CT molecular complexity index is 571. The van der Waals surface area contributed by atoms with Gasteiger partial charge in [0.1, 0.15) is 0 Å². The molecule has 1 atom stereocenters. The van der Waals surface area contributed by atoms with Gasteiger partial charge in [-0.05, 0) is 78.2 Å². The van der Waals surface area contributed by atoms with Crippen molar-refractivity contribution in [2.24, 2.45) is 10.9 Å². The summed E-state index contributed by atoms with van der Waals surface area (Å²) in [6.07, 6.45) is 7.91. The number of piperidine rings is 2. The summed E-state index contributed by atoms with van der Waals surface area (Å²) in [7, 11) is 2.27. The number of guanidine groups is 1. The number of hydrogen-bond donors (Lipinski definition) is 1. The first-order valence-electron chi connectivity index (χ1n) is 13.0. The van der Waals surface area contributed by atoms with Crippen LogP contribution < -0.4 is 5.32 Å². The minimum absolute atomic E-state index is 0. The van der Waals surface area contributed by atoms with Gasteiger partial charge < -0.3 is 19.9 Å². The van der Waals surface area contributed by atoms with Gasteiger partial charge in [0.25, 0.3) is 0 Å². The van der Waals surface area contributed by atoms with Crippen LogP contribution >= 0.6 is 24.0 Å². The zero-order valence-corrected chi connectivity index (χ0v) is 22.9. The van der Waals surface area contributed by atoms with Crippen molar-refractivity contribution in [3.8, 4) is 0 Å². The molecule has 186 valence electrons. The molecular formula is C24H47IN6O. The fourth-order valence-corrected chi connectivity index (χ4v) is 5.95. The van der Waals surface area contributed by atoms with E-state index in [0.717, 1.165) is 64.4 Å². The van der Waals surface area contributed by atoms with Crippen LogP contribution in [-0.4, -0.2) is 123 Å². The second-order valence-electron chi connectivity index (χ2n) is 10.3. The van der Waals surface area contributed by atoms with E-state index in [1.54, 1.807) is 0 Å². The third-order valence-corrected chi connectivity index (χ3v) is 8.01. The van der Waals surface area contributed by atoms with Gasteiger partial charge in [0.05, 0.1) is 19.8 Å². The average Bonchev–Trinajstić information content (AvgIpc) is 3.27. The van der Waals surface area contributed by atoms with Crippen LogP contribution in [0, 0.1) is 5.92 Å². The van der Waals surface area contributed by atoms with Crippen LogP contribution in [0.1, 0.15) is 45.4 Å². The highest BCUT2D eigenvalue weighted by atomic mass is 127. The Morgan fingerprint density at radius 1 is 1.00 bits per heavy atom. The average molecular weight is 563 g/mol. The summed E-state index contributed by atoms with van der Waals surface area (Å²) < 4.78 is 5.52. The maximum absolute atomic E-state index is 5.52. The Labute approximate surface area is 213 Å². The maximum Gasteiger partial charge on any atom is 0.193 e. The number of rotatable bonds is 6. The van der Waals surface area contributed by atoms with Gasteiger partial charge in [0, 0.05) is 44.8 Å². The zero-order chi connectivity index (χ0) is 21.5. The van der Waals surface area contributed by atoms with Crippen LogP contribution in [0.5, 0.6) is 0 Å². The van der Waals surface area contributed by atoms with E-state index in [1.807, 2.05) is 0 Å². The molecule has 0 spiro atoms. The lowest BCUT2D eigenvalue weighted by Gasteiger charge is -2.49. The van der Waals surface area contributed by atoms with E-state index < -0.39 is 0 Å². The van der Waals surface area contributed by atoms with Crippen molar-refractivity contribution in [2.75, 3.05) is 92.3 Å². The molecule has 0 amide bonds. The lowest BCUT2D eigenvalue weighted by molar-refractivity contribution is 0.0206. The molecule has 4 saturated heterocycles. The topological polar surface area (TPSA) is 46.6 Å². The minimum Gasteiger partial charge on any atom is -0.379 e. The standard InChI is InChI=1S/C24H46N6O.HI/c1-3-25-23(29-12-7-22(20-29)19-28-15-17-31-18-16-28)26-21-24(8-13-27(2)14-9-24)30-10-5-4-6-11-30;/h22H,3-21H2,1-2H3,(H,25,26);1H. The summed E-state index contributed by atoms with van der Waals surface area (Å²) in [5, 5.41) is 3.63. The molecule has 1 N–H and O–H groups in total. The third kappa shape index (κ3) is 6.93. The number of aliphatic imine (C=N–C) groups is 1. The van der Waals surface area contributed by atoms with Crippen LogP contribution in [0.25, 0.3) is 0 Å². The Balaban J connectivity index is 0.00000289. The monoisotopic (exact) mass is 562 g/mol. The molecule has 0 saturated carbocycles. The highest BCUT2D eigenvalue weighted by Crippen LogP contribution is 2.32. The van der Waals surface area contributed by atoms with Gasteiger partial charge in [-0.15, -0.1) is 24.0 Å². The maximum atomic E-state index is 5.52. The largest absolute Gasteiger partial charge is 0.379 e. The van der Waals surface area contributed by atoms with Gasteiger partial charge >= 0.3 is 0 Å². The first kappa shape index (κ1) is 26.4. The molecule has 4 rings (SSSR count). The lowest BCUT2D eigenvalue weighted by atomic mass is 9.84. The number of hydrogen-bond acceptors (Lipinski definition) is 5. The van der Waals surface area contributed by atoms with E-state index in [2.05, 4.69) is 38.9 Å². The van der Waals surface area contributed by atoms with Crippen molar-refractivity contribution in [1.29, 1.82) is 0 Å². The van der Waals surface area contributed by atoms with Crippen LogP contribution in [0.4, 0.5) is 0 Å². The van der Waals surface area contributed by atoms with Crippen molar-refractivity contribution in [2.45, 2.75) is 51.0 Å². The molecule has 0 bridgehead atoms. The molecule has 0 aromatic heterocycles. The third-order valence-electron chi connectivity index (χ3n) is 8.01. The van der Waals surface area contributed by atoms with E-state index in [0.29, 0.717) is 0 Å². The predicted molar refractivity (Wildman–Crippen MR) is 143 cm³/mol. The Kier molecular flexibility index (Phi) is 10.8. The molecule has 0 aromatic rings. The van der Waals surface area contributed by atoms with Gasteiger partial charge in [0.2, 0.25) is 0 Å². The van der Waals surface area contributed by atoms with Crippen molar-refractivity contribution < 1.29 is 4.74 Å². The number of ether oxygens (including phenoxy) is 1. The SMILES string of the molecule is CCNC(=NCC1(N2CCCCC2)CCN(C)CC1)N1CCC(CN2CCOCC2)C1.I. The second kappa shape index (κ2) is 13.1. The highest BCUT2D eigenvalue weighted by molar-refractivity contribution is 14.0. The minimum atomic E-state index is 0. The van der Waals surface area contributed by atoms with Crippen molar-refractivity contribution in [1.82, 2.24) is 24.9 Å². The first-order valence-corrected chi connectivity index (χ1v) is 13.0. The molecule has 4 heterocycles. The van der Waals surface area contributed by atoms with Gasteiger partial charge in [-0.1, -0.05) is 6.42 Å². The summed E-state index contributed by atoms with van der Waals surface area (Å²) >= 11 is 0. The van der Waals surface area contributed by atoms with Crippen molar-refractivity contribution in [3.63, 3.8) is 0 Å². The van der Waals surface area contributed by atoms with Crippen molar-refractivity contribution in [3.05, 3.63) is 0 Å². The van der Waals surface area contributed by atoms with Gasteiger partial charge in [-0.3, -0.25) is 14.8 Å². The van der Waals surface area contributed by atoms with E-state index >= 15 is 0 Å². The van der Waals surface area contributed by atoms with Crippen LogP contribution in [0.2, 0.25) is 0 Å². The van der Waals surface area contributed by atoms with Crippen LogP contribution in [0.15, 0.2) is 4.99 Å². The summed E-state index contributed by atoms with van der Waals surface area (Å²) in [5.74, 6) is 1.91. The smallest absolute Gasteiger partial charge is 0.193 e. The highest BCUT2D eigenvalue weighted by Gasteiger charge is 2.40. The summed E-state index contributed by atoms with van der Waals surface area (Å²) in [6.45, 7) is 16.5. The normalized spacial score (nSPS) is 28.5. The Morgan fingerprint density at radius 3 is 2.41 bits per heavy atom. The molecule has 4 aliphatic rings. The van der Waals surface area contributed by atoms with Gasteiger partial charge in [0.15, 0.2) is 5.96 Å². The van der Waals surface area contributed by atoms with Crippen LogP contribution in [0.3, 0.4) is 0 Å². The first-order chi connectivity index (χ1) is 15.2. The number of nitrogens with one attached hydrogen (secondary N) is 1. The Hall–Kier alpha value is -0.160. The predicted octanol–water partition coefficient (Wildman–Crippen LogP) is 2.17. The molecule has 1 unspecified atom stereocenters. The molecule has 7 nitrogen and oxygen atoms in total. The number of morpholine rings is 1. The summed E-state index contributed by atoms with van der Waals surface area (Å²) in [4.78, 5) is 15.7. The second-order valence-corrected chi connectivity index (χ2v) is 10.3. The summed E-state index contributed by atoms with van der Waals surface area (Å²) in [5.41, 5.74) is 0.264. The number of nitrogens with zero attached hydrogens (tertiary/aromatic N) is 5. The molecule has 4 aliphatic heterocycles. The lowest BCUT2D eigenvalue weighted by Crippen LogP contribution is -2.58. The quantitative estimate of drug-likeness (QED) is 0.305. The van der Waals surface area contributed by atoms with E-state index in [4.69, 9.17) is 9.73 Å². The molecule has 8 heteroatoms. The fraction of sp³-hybridized carbons (Fsp3) is 0.958. The molecule has 32 heavy (non-hydrogen) atoms. The molecule has 0 radical (unpaired) electrons. The number of halogens is 1. The molecule has 0 aromatic carbocycles. The van der Waals surface area contributed by atoms with E-state index in [1.165, 1.54) is 71.2 Å². The summed E-state index contributed by atoms with van der Waals surface area (Å²) in [6, 6.07) is 0. The van der Waals surface area contributed by atoms with Crippen molar-refractivity contribution >= 4 is 29.9 Å². The molecular weight excluding hydrogens is 515 g/mol. The molecule has 4 fully saturated rings. The van der Waals surface area contributed by atoms with E-state index in [-0.39, 0.29) is 29.5 Å². The van der Waals surface area contributed by atoms with E-state index in [9.17, 15) is 0 Å². The zero-order valence-electron chi connectivity index (χ0n) is 20.6.